The van der Waals surface area contributed by atoms with Crippen molar-refractivity contribution in [1.29, 1.82) is 0 Å². The highest BCUT2D eigenvalue weighted by Gasteiger charge is 2.14. The fraction of sp³-hybridized carbons (Fsp3) is 0.333. The number of amides is 1. The molecule has 0 saturated carbocycles. The first kappa shape index (κ1) is 18.6. The van der Waals surface area contributed by atoms with Gasteiger partial charge in [0, 0.05) is 17.6 Å². The van der Waals surface area contributed by atoms with Crippen LogP contribution in [0.1, 0.15) is 41.1 Å². The summed E-state index contributed by atoms with van der Waals surface area (Å²) in [5.74, 6) is 1.39. The van der Waals surface area contributed by atoms with Gasteiger partial charge in [0.15, 0.2) is 5.16 Å². The highest BCUT2D eigenvalue weighted by Crippen LogP contribution is 2.26. The van der Waals surface area contributed by atoms with E-state index in [2.05, 4.69) is 27.4 Å². The Bertz CT molecular complexity index is 860. The first-order chi connectivity index (χ1) is 12.7. The van der Waals surface area contributed by atoms with Gasteiger partial charge in [-0.3, -0.25) is 9.36 Å². The van der Waals surface area contributed by atoms with Gasteiger partial charge >= 0.3 is 0 Å². The molecule has 6 nitrogen and oxygen atoms in total. The number of nitrogens with one attached hydrogen (secondary N) is 1. The van der Waals surface area contributed by atoms with E-state index < -0.39 is 0 Å². The summed E-state index contributed by atoms with van der Waals surface area (Å²) in [6, 6.07) is 10.0. The smallest absolute Gasteiger partial charge is 0.270 e. The molecule has 0 atom stereocenters. The van der Waals surface area contributed by atoms with Crippen LogP contribution in [0.3, 0.4) is 0 Å². The number of para-hydroxylation sites is 1. The molecule has 1 amide bonds. The molecule has 0 unspecified atom stereocenters. The Kier molecular flexibility index (Phi) is 6.40. The minimum atomic E-state index is -0.103. The molecule has 0 radical (unpaired) electrons. The van der Waals surface area contributed by atoms with Crippen LogP contribution in [0.5, 0.6) is 0 Å². The molecule has 2 aromatic heterocycles. The molecule has 0 aliphatic carbocycles. The monoisotopic (exact) mass is 387 g/mol. The zero-order chi connectivity index (χ0) is 18.4. The Morgan fingerprint density at radius 1 is 1.27 bits per heavy atom. The lowest BCUT2D eigenvalue weighted by Crippen LogP contribution is -2.24. The number of nitrogens with zero attached hydrogens (tertiary/aromatic N) is 4. The molecular weight excluding hydrogens is 366 g/mol. The number of unbranched alkanes of at least 4 members (excludes halogenated alkanes) is 1. The zero-order valence-electron chi connectivity index (χ0n) is 14.8. The molecule has 1 aromatic carbocycles. The number of carbonyl (C=O) groups is 1. The van der Waals surface area contributed by atoms with Gasteiger partial charge < -0.3 is 5.32 Å². The lowest BCUT2D eigenvalue weighted by atomic mass is 10.3. The maximum atomic E-state index is 12.0. The molecule has 0 aliphatic heterocycles. The molecule has 0 aliphatic rings. The maximum Gasteiger partial charge on any atom is 0.270 e. The summed E-state index contributed by atoms with van der Waals surface area (Å²) in [4.78, 5) is 16.5. The van der Waals surface area contributed by atoms with E-state index >= 15 is 0 Å². The van der Waals surface area contributed by atoms with Crippen molar-refractivity contribution in [2.75, 3.05) is 6.54 Å². The summed E-state index contributed by atoms with van der Waals surface area (Å²) in [6.07, 6.45) is 2.04. The van der Waals surface area contributed by atoms with Crippen molar-refractivity contribution < 1.29 is 4.79 Å². The number of rotatable bonds is 8. The van der Waals surface area contributed by atoms with E-state index in [0.29, 0.717) is 18.0 Å². The minimum Gasteiger partial charge on any atom is -0.351 e. The van der Waals surface area contributed by atoms with E-state index in [9.17, 15) is 4.79 Å². The predicted molar refractivity (Wildman–Crippen MR) is 105 cm³/mol. The number of carbonyl (C=O) groups excluding carboxylic acids is 1. The summed E-state index contributed by atoms with van der Waals surface area (Å²) in [6.45, 7) is 4.73. The van der Waals surface area contributed by atoms with Gasteiger partial charge in [-0.25, -0.2) is 4.98 Å². The number of aromatic nitrogens is 4. The lowest BCUT2D eigenvalue weighted by Gasteiger charge is -2.07. The Hall–Kier alpha value is -2.19. The van der Waals surface area contributed by atoms with E-state index in [0.717, 1.165) is 34.5 Å². The summed E-state index contributed by atoms with van der Waals surface area (Å²) in [7, 11) is 0. The van der Waals surface area contributed by atoms with Gasteiger partial charge in [-0.15, -0.1) is 21.5 Å². The number of thiazole rings is 1. The quantitative estimate of drug-likeness (QED) is 0.469. The first-order valence-electron chi connectivity index (χ1n) is 8.52. The second-order valence-electron chi connectivity index (χ2n) is 5.73. The van der Waals surface area contributed by atoms with Crippen molar-refractivity contribution in [2.24, 2.45) is 0 Å². The molecule has 3 aromatic rings. The largest absolute Gasteiger partial charge is 0.351 e. The number of hydrogen-bond donors (Lipinski definition) is 1. The number of thioether (sulfide) groups is 1. The van der Waals surface area contributed by atoms with Crippen LogP contribution >= 0.6 is 23.1 Å². The second kappa shape index (κ2) is 8.95. The van der Waals surface area contributed by atoms with Crippen LogP contribution in [0.15, 0.2) is 40.9 Å². The fourth-order valence-electron chi connectivity index (χ4n) is 2.39. The zero-order valence-corrected chi connectivity index (χ0v) is 16.4. The lowest BCUT2D eigenvalue weighted by molar-refractivity contribution is 0.0948. The Morgan fingerprint density at radius 2 is 2.08 bits per heavy atom. The van der Waals surface area contributed by atoms with Crippen molar-refractivity contribution in [3.05, 3.63) is 52.2 Å². The van der Waals surface area contributed by atoms with Gasteiger partial charge in [-0.05, 0) is 25.5 Å². The van der Waals surface area contributed by atoms with Crippen molar-refractivity contribution in [3.63, 3.8) is 0 Å². The van der Waals surface area contributed by atoms with Crippen molar-refractivity contribution in [2.45, 2.75) is 37.6 Å². The van der Waals surface area contributed by atoms with Gasteiger partial charge in [0.1, 0.15) is 16.5 Å². The predicted octanol–water partition coefficient (Wildman–Crippen LogP) is 3.85. The van der Waals surface area contributed by atoms with Crippen LogP contribution in [-0.4, -0.2) is 32.2 Å². The van der Waals surface area contributed by atoms with E-state index in [-0.39, 0.29) is 5.91 Å². The van der Waals surface area contributed by atoms with Gasteiger partial charge in [0.25, 0.3) is 5.91 Å². The van der Waals surface area contributed by atoms with E-state index in [1.165, 1.54) is 11.3 Å². The molecule has 26 heavy (non-hydrogen) atoms. The van der Waals surface area contributed by atoms with E-state index in [1.807, 2.05) is 47.2 Å². The molecule has 2 heterocycles. The summed E-state index contributed by atoms with van der Waals surface area (Å²) in [5, 5.41) is 14.9. The topological polar surface area (TPSA) is 72.7 Å². The average Bonchev–Trinajstić information content (AvgIpc) is 3.27. The van der Waals surface area contributed by atoms with Crippen LogP contribution < -0.4 is 5.32 Å². The minimum absolute atomic E-state index is 0.103. The molecule has 0 saturated heterocycles. The molecule has 1 N–H and O–H groups in total. The molecule has 0 bridgehead atoms. The number of aryl methyl sites for hydroxylation is 1. The second-order valence-corrected chi connectivity index (χ2v) is 7.61. The van der Waals surface area contributed by atoms with Crippen LogP contribution in [0.2, 0.25) is 0 Å². The third kappa shape index (κ3) is 4.50. The van der Waals surface area contributed by atoms with Gasteiger partial charge in [-0.2, -0.15) is 0 Å². The summed E-state index contributed by atoms with van der Waals surface area (Å²) >= 11 is 3.06. The highest BCUT2D eigenvalue weighted by molar-refractivity contribution is 7.98. The molecule has 136 valence electrons. The first-order valence-corrected chi connectivity index (χ1v) is 10.4. The highest BCUT2D eigenvalue weighted by atomic mass is 32.2. The molecule has 8 heteroatoms. The average molecular weight is 388 g/mol. The molecule has 0 fully saturated rings. The summed E-state index contributed by atoms with van der Waals surface area (Å²) < 4.78 is 2.02. The SMILES string of the molecule is CCCCNC(=O)c1csc(CSc2nnc(C)n2-c2ccccc2)n1. The van der Waals surface area contributed by atoms with Crippen LogP contribution in [-0.2, 0) is 5.75 Å². The van der Waals surface area contributed by atoms with Crippen molar-refractivity contribution >= 4 is 29.0 Å². The molecular formula is C18H21N5OS2. The van der Waals surface area contributed by atoms with E-state index in [1.54, 1.807) is 11.8 Å². The van der Waals surface area contributed by atoms with Gasteiger partial charge in [-0.1, -0.05) is 43.3 Å². The van der Waals surface area contributed by atoms with Crippen LogP contribution in [0.25, 0.3) is 5.69 Å². The fourth-order valence-corrected chi connectivity index (χ4v) is 4.18. The maximum absolute atomic E-state index is 12.0. The number of benzene rings is 1. The third-order valence-electron chi connectivity index (χ3n) is 3.73. The van der Waals surface area contributed by atoms with Crippen LogP contribution in [0.4, 0.5) is 0 Å². The Labute approximate surface area is 161 Å². The summed E-state index contributed by atoms with van der Waals surface area (Å²) in [5.41, 5.74) is 1.52. The van der Waals surface area contributed by atoms with Crippen molar-refractivity contribution in [3.8, 4) is 5.69 Å². The standard InChI is InChI=1S/C18H21N5OS2/c1-3-4-10-19-17(24)15-11-25-16(20-15)12-26-18-22-21-13(2)23(18)14-8-6-5-7-9-14/h5-9,11H,3-4,10,12H2,1-2H3,(H,19,24). The van der Waals surface area contributed by atoms with Crippen molar-refractivity contribution in [1.82, 2.24) is 25.1 Å². The molecule has 0 spiro atoms. The van der Waals surface area contributed by atoms with E-state index in [4.69, 9.17) is 0 Å². The Morgan fingerprint density at radius 3 is 2.85 bits per heavy atom. The third-order valence-corrected chi connectivity index (χ3v) is 5.71. The number of hydrogen-bond acceptors (Lipinski definition) is 6. The normalized spacial score (nSPS) is 10.8. The van der Waals surface area contributed by atoms with Gasteiger partial charge in [0.05, 0.1) is 5.75 Å². The van der Waals surface area contributed by atoms with Crippen LogP contribution in [0, 0.1) is 6.92 Å². The van der Waals surface area contributed by atoms with Gasteiger partial charge in [0.2, 0.25) is 0 Å². The molecule has 3 rings (SSSR count). The Balaban J connectivity index is 1.65.